The Morgan fingerprint density at radius 2 is 2.00 bits per heavy atom. The average Bonchev–Trinajstić information content (AvgIpc) is 2.59. The van der Waals surface area contributed by atoms with Crippen LogP contribution in [0.1, 0.15) is 6.92 Å². The molecule has 26 heavy (non-hydrogen) atoms. The van der Waals surface area contributed by atoms with E-state index in [1.165, 1.54) is 0 Å². The van der Waals surface area contributed by atoms with Gasteiger partial charge < -0.3 is 15.0 Å². The lowest BCUT2D eigenvalue weighted by atomic mass is 10.3. The van der Waals surface area contributed by atoms with Crippen LogP contribution in [0.4, 0.5) is 35.1 Å². The highest BCUT2D eigenvalue weighted by Crippen LogP contribution is 2.25. The topological polar surface area (TPSA) is 63.2 Å². The Bertz CT molecular complexity index is 750. The van der Waals surface area contributed by atoms with Crippen LogP contribution < -0.4 is 15.0 Å². The number of ether oxygens (including phenoxy) is 1. The lowest BCUT2D eigenvalue weighted by Gasteiger charge is -2.18. The van der Waals surface area contributed by atoms with Crippen LogP contribution in [0.25, 0.3) is 0 Å². The third kappa shape index (κ3) is 5.32. The van der Waals surface area contributed by atoms with Gasteiger partial charge in [-0.15, -0.1) is 0 Å². The van der Waals surface area contributed by atoms with Gasteiger partial charge in [0.2, 0.25) is 11.9 Å². The van der Waals surface area contributed by atoms with E-state index in [2.05, 4.69) is 25.0 Å². The van der Waals surface area contributed by atoms with E-state index in [0.29, 0.717) is 17.3 Å². The molecule has 0 aliphatic carbocycles. The molecule has 1 aromatic heterocycles. The summed E-state index contributed by atoms with van der Waals surface area (Å²) < 4.78 is 55.3. The Morgan fingerprint density at radius 1 is 1.27 bits per heavy atom. The van der Waals surface area contributed by atoms with E-state index in [4.69, 9.17) is 11.6 Å². The summed E-state index contributed by atoms with van der Waals surface area (Å²) >= 11 is 5.90. The monoisotopic (exact) mass is 393 g/mol. The largest absolute Gasteiger partial charge is 0.457 e. The minimum absolute atomic E-state index is 0.00655. The van der Waals surface area contributed by atoms with E-state index >= 15 is 0 Å². The quantitative estimate of drug-likeness (QED) is 0.684. The molecule has 0 amide bonds. The average molecular weight is 394 g/mol. The van der Waals surface area contributed by atoms with E-state index in [0.717, 1.165) is 0 Å². The predicted molar refractivity (Wildman–Crippen MR) is 90.0 cm³/mol. The number of rotatable bonds is 8. The maximum atomic E-state index is 13.1. The summed E-state index contributed by atoms with van der Waals surface area (Å²) in [7, 11) is 1.66. The number of nitrogens with zero attached hydrogens (tertiary/aromatic N) is 4. The molecule has 0 atom stereocenters. The Hall–Kier alpha value is -2.36. The lowest BCUT2D eigenvalue weighted by molar-refractivity contribution is -0.149. The molecule has 0 unspecified atom stereocenters. The number of alkyl halides is 4. The van der Waals surface area contributed by atoms with Gasteiger partial charge in [0.05, 0.1) is 0 Å². The molecule has 0 radical (unpaired) electrons. The molecule has 2 aromatic rings. The number of hydrogen-bond acceptors (Lipinski definition) is 6. The highest BCUT2D eigenvalue weighted by atomic mass is 35.5. The van der Waals surface area contributed by atoms with Gasteiger partial charge in [-0.2, -0.15) is 23.7 Å². The molecule has 0 aliphatic heterocycles. The van der Waals surface area contributed by atoms with Crippen molar-refractivity contribution in [2.75, 3.05) is 30.4 Å². The lowest BCUT2D eigenvalue weighted by Crippen LogP contribution is -2.34. The highest BCUT2D eigenvalue weighted by molar-refractivity contribution is 6.30. The summed E-state index contributed by atoms with van der Waals surface area (Å²) in [6.45, 7) is 0.771. The van der Waals surface area contributed by atoms with Gasteiger partial charge in [0.1, 0.15) is 0 Å². The van der Waals surface area contributed by atoms with Crippen molar-refractivity contribution in [3.8, 4) is 6.01 Å². The van der Waals surface area contributed by atoms with Crippen molar-refractivity contribution in [2.45, 2.75) is 19.3 Å². The highest BCUT2D eigenvalue weighted by Gasteiger charge is 2.42. The first-order valence-corrected chi connectivity index (χ1v) is 7.87. The molecular weight excluding hydrogens is 378 g/mol. The SMILES string of the molecule is CCN(C)c1nc(Nc2cccc(Cl)c2)nc(OCC(F)(F)C(F)F)n1. The van der Waals surface area contributed by atoms with E-state index in [1.54, 1.807) is 36.2 Å². The molecule has 0 fully saturated rings. The van der Waals surface area contributed by atoms with Crippen LogP contribution in [-0.2, 0) is 0 Å². The Morgan fingerprint density at radius 3 is 2.62 bits per heavy atom. The second-order valence-electron chi connectivity index (χ2n) is 5.24. The molecule has 1 heterocycles. The van der Waals surface area contributed by atoms with Gasteiger partial charge in [0.25, 0.3) is 0 Å². The zero-order valence-corrected chi connectivity index (χ0v) is 14.6. The van der Waals surface area contributed by atoms with Gasteiger partial charge in [-0.1, -0.05) is 17.7 Å². The van der Waals surface area contributed by atoms with Gasteiger partial charge in [0.15, 0.2) is 6.61 Å². The van der Waals surface area contributed by atoms with E-state index in [-0.39, 0.29) is 11.9 Å². The molecule has 0 saturated carbocycles. The molecule has 142 valence electrons. The van der Waals surface area contributed by atoms with Crippen LogP contribution in [0.15, 0.2) is 24.3 Å². The summed E-state index contributed by atoms with van der Waals surface area (Å²) in [6.07, 6.45) is -3.86. The summed E-state index contributed by atoms with van der Waals surface area (Å²) in [5.41, 5.74) is 0.540. The normalized spacial score (nSPS) is 11.5. The third-order valence-electron chi connectivity index (χ3n) is 3.21. The smallest absolute Gasteiger partial charge is 0.340 e. The molecule has 0 bridgehead atoms. The molecule has 6 nitrogen and oxygen atoms in total. The van der Waals surface area contributed by atoms with E-state index in [9.17, 15) is 17.6 Å². The van der Waals surface area contributed by atoms with Crippen LogP contribution >= 0.6 is 11.6 Å². The molecule has 0 aliphatic rings. The minimum atomic E-state index is -4.32. The van der Waals surface area contributed by atoms with Gasteiger partial charge in [-0.25, -0.2) is 8.78 Å². The first-order valence-electron chi connectivity index (χ1n) is 7.50. The maximum Gasteiger partial charge on any atom is 0.340 e. The molecular formula is C15H16ClF4N5O. The van der Waals surface area contributed by atoms with E-state index < -0.39 is 25.0 Å². The zero-order valence-electron chi connectivity index (χ0n) is 13.9. The second-order valence-corrected chi connectivity index (χ2v) is 5.68. The fourth-order valence-electron chi connectivity index (χ4n) is 1.70. The third-order valence-corrected chi connectivity index (χ3v) is 3.45. The first-order chi connectivity index (χ1) is 12.2. The van der Waals surface area contributed by atoms with Crippen LogP contribution in [0.2, 0.25) is 5.02 Å². The molecule has 0 spiro atoms. The summed E-state index contributed by atoms with van der Waals surface area (Å²) in [5, 5.41) is 3.30. The van der Waals surface area contributed by atoms with Crippen molar-refractivity contribution in [3.63, 3.8) is 0 Å². The van der Waals surface area contributed by atoms with Gasteiger partial charge in [-0.3, -0.25) is 0 Å². The number of aromatic nitrogens is 3. The number of benzene rings is 1. The number of nitrogens with one attached hydrogen (secondary N) is 1. The maximum absolute atomic E-state index is 13.1. The summed E-state index contributed by atoms with van der Waals surface area (Å²) in [6, 6.07) is 6.13. The zero-order chi connectivity index (χ0) is 19.3. The van der Waals surface area contributed by atoms with Crippen LogP contribution in [0, 0.1) is 0 Å². The Labute approximate surface area is 152 Å². The molecule has 1 N–H and O–H groups in total. The van der Waals surface area contributed by atoms with Crippen molar-refractivity contribution in [3.05, 3.63) is 29.3 Å². The fourth-order valence-corrected chi connectivity index (χ4v) is 1.89. The van der Waals surface area contributed by atoms with Gasteiger partial charge in [0, 0.05) is 24.3 Å². The van der Waals surface area contributed by atoms with Crippen molar-refractivity contribution in [1.29, 1.82) is 0 Å². The van der Waals surface area contributed by atoms with Gasteiger partial charge >= 0.3 is 18.4 Å². The first kappa shape index (κ1) is 20.0. The molecule has 11 heteroatoms. The number of halogens is 5. The predicted octanol–water partition coefficient (Wildman–Crippen LogP) is 4.00. The summed E-state index contributed by atoms with van der Waals surface area (Å²) in [5.74, 6) is -4.19. The van der Waals surface area contributed by atoms with Crippen LogP contribution in [0.5, 0.6) is 6.01 Å². The number of hydrogen-bond donors (Lipinski definition) is 1. The van der Waals surface area contributed by atoms with Crippen LogP contribution in [0.3, 0.4) is 0 Å². The van der Waals surface area contributed by atoms with Crippen molar-refractivity contribution < 1.29 is 22.3 Å². The van der Waals surface area contributed by atoms with Crippen molar-refractivity contribution in [2.24, 2.45) is 0 Å². The van der Waals surface area contributed by atoms with Crippen molar-refractivity contribution in [1.82, 2.24) is 15.0 Å². The Kier molecular flexibility index (Phi) is 6.41. The molecule has 0 saturated heterocycles. The van der Waals surface area contributed by atoms with E-state index in [1.807, 2.05) is 6.92 Å². The van der Waals surface area contributed by atoms with Gasteiger partial charge in [-0.05, 0) is 25.1 Å². The second kappa shape index (κ2) is 8.35. The Balaban J connectivity index is 2.27. The molecule has 1 aromatic carbocycles. The fraction of sp³-hybridized carbons (Fsp3) is 0.400. The van der Waals surface area contributed by atoms with Crippen molar-refractivity contribution >= 4 is 29.2 Å². The standard InChI is InChI=1S/C15H16ClF4N5O/c1-3-25(2)13-22-12(21-10-6-4-5-9(16)7-10)23-14(24-13)26-8-15(19,20)11(17)18/h4-7,11H,3,8H2,1-2H3,(H,21,22,23,24). The summed E-state index contributed by atoms with van der Waals surface area (Å²) in [4.78, 5) is 13.4. The van der Waals surface area contributed by atoms with Crippen LogP contribution in [-0.4, -0.2) is 47.5 Å². The number of anilines is 3. The molecule has 2 rings (SSSR count). The minimum Gasteiger partial charge on any atom is -0.457 e.